The van der Waals surface area contributed by atoms with E-state index in [2.05, 4.69) is 5.32 Å². The van der Waals surface area contributed by atoms with Gasteiger partial charge >= 0.3 is 5.97 Å². The SMILES string of the molecule is CC(O)CCCNCc1ccc(C(C)C(=O)O)cc1. The highest BCUT2D eigenvalue weighted by atomic mass is 16.4. The number of carbonyl (C=O) groups is 1. The molecule has 106 valence electrons. The molecule has 1 aromatic rings. The summed E-state index contributed by atoms with van der Waals surface area (Å²) in [6.07, 6.45) is 1.52. The van der Waals surface area contributed by atoms with E-state index in [0.717, 1.165) is 37.1 Å². The molecule has 2 unspecified atom stereocenters. The number of carboxylic acid groups (broad SMARTS) is 1. The Bertz CT molecular complexity index is 387. The molecule has 0 aliphatic carbocycles. The highest BCUT2D eigenvalue weighted by Gasteiger charge is 2.12. The van der Waals surface area contributed by atoms with E-state index in [4.69, 9.17) is 10.2 Å². The van der Waals surface area contributed by atoms with E-state index in [-0.39, 0.29) is 6.10 Å². The second-order valence-electron chi connectivity index (χ2n) is 4.97. The fraction of sp³-hybridized carbons (Fsp3) is 0.533. The van der Waals surface area contributed by atoms with Crippen LogP contribution in [0.4, 0.5) is 0 Å². The van der Waals surface area contributed by atoms with Gasteiger partial charge in [-0.1, -0.05) is 24.3 Å². The van der Waals surface area contributed by atoms with Crippen molar-refractivity contribution in [2.24, 2.45) is 0 Å². The second-order valence-corrected chi connectivity index (χ2v) is 4.97. The third-order valence-corrected chi connectivity index (χ3v) is 3.15. The summed E-state index contributed by atoms with van der Waals surface area (Å²) in [6, 6.07) is 7.64. The van der Waals surface area contributed by atoms with Gasteiger partial charge in [-0.2, -0.15) is 0 Å². The van der Waals surface area contributed by atoms with Gasteiger partial charge in [0.2, 0.25) is 0 Å². The third-order valence-electron chi connectivity index (χ3n) is 3.15. The number of aliphatic hydroxyl groups excluding tert-OH is 1. The van der Waals surface area contributed by atoms with E-state index in [1.807, 2.05) is 24.3 Å². The van der Waals surface area contributed by atoms with Gasteiger partial charge in [-0.05, 0) is 44.4 Å². The van der Waals surface area contributed by atoms with Crippen molar-refractivity contribution in [2.45, 2.75) is 45.3 Å². The largest absolute Gasteiger partial charge is 0.481 e. The van der Waals surface area contributed by atoms with E-state index >= 15 is 0 Å². The minimum absolute atomic E-state index is 0.237. The van der Waals surface area contributed by atoms with Crippen LogP contribution in [0.3, 0.4) is 0 Å². The number of aliphatic hydroxyl groups is 1. The van der Waals surface area contributed by atoms with Crippen LogP contribution in [-0.4, -0.2) is 28.8 Å². The predicted molar refractivity (Wildman–Crippen MR) is 75.1 cm³/mol. The summed E-state index contributed by atoms with van der Waals surface area (Å²) in [5, 5.41) is 21.3. The Morgan fingerprint density at radius 2 is 1.89 bits per heavy atom. The Morgan fingerprint density at radius 1 is 1.26 bits per heavy atom. The van der Waals surface area contributed by atoms with Crippen LogP contribution in [0.15, 0.2) is 24.3 Å². The van der Waals surface area contributed by atoms with Gasteiger partial charge in [0, 0.05) is 6.54 Å². The monoisotopic (exact) mass is 265 g/mol. The van der Waals surface area contributed by atoms with Crippen LogP contribution in [0, 0.1) is 0 Å². The maximum Gasteiger partial charge on any atom is 0.310 e. The smallest absolute Gasteiger partial charge is 0.310 e. The summed E-state index contributed by atoms with van der Waals surface area (Å²) in [6.45, 7) is 5.12. The normalized spacial score (nSPS) is 14.1. The molecule has 0 amide bonds. The van der Waals surface area contributed by atoms with Crippen LogP contribution in [0.1, 0.15) is 43.7 Å². The van der Waals surface area contributed by atoms with Crippen molar-refractivity contribution in [2.75, 3.05) is 6.54 Å². The van der Waals surface area contributed by atoms with Crippen molar-refractivity contribution >= 4 is 5.97 Å². The lowest BCUT2D eigenvalue weighted by molar-refractivity contribution is -0.138. The summed E-state index contributed by atoms with van der Waals surface area (Å²) >= 11 is 0. The molecule has 1 rings (SSSR count). The summed E-state index contributed by atoms with van der Waals surface area (Å²) < 4.78 is 0. The number of aliphatic carboxylic acids is 1. The fourth-order valence-electron chi connectivity index (χ4n) is 1.82. The molecule has 19 heavy (non-hydrogen) atoms. The van der Waals surface area contributed by atoms with E-state index < -0.39 is 11.9 Å². The predicted octanol–water partition coefficient (Wildman–Crippen LogP) is 2.13. The van der Waals surface area contributed by atoms with Gasteiger partial charge in [-0.3, -0.25) is 4.79 Å². The van der Waals surface area contributed by atoms with Crippen molar-refractivity contribution in [1.82, 2.24) is 5.32 Å². The number of carboxylic acids is 1. The van der Waals surface area contributed by atoms with E-state index in [0.29, 0.717) is 0 Å². The summed E-state index contributed by atoms with van der Waals surface area (Å²) in [5.74, 6) is -1.27. The van der Waals surface area contributed by atoms with Crippen LogP contribution in [0.5, 0.6) is 0 Å². The first-order valence-corrected chi connectivity index (χ1v) is 6.71. The fourth-order valence-corrected chi connectivity index (χ4v) is 1.82. The topological polar surface area (TPSA) is 69.6 Å². The lowest BCUT2D eigenvalue weighted by Gasteiger charge is -2.09. The van der Waals surface area contributed by atoms with Crippen LogP contribution in [0.25, 0.3) is 0 Å². The number of benzene rings is 1. The summed E-state index contributed by atoms with van der Waals surface area (Å²) in [4.78, 5) is 10.9. The molecule has 0 bridgehead atoms. The van der Waals surface area contributed by atoms with Crippen LogP contribution < -0.4 is 5.32 Å². The molecule has 0 radical (unpaired) electrons. The number of hydrogen-bond acceptors (Lipinski definition) is 3. The first kappa shape index (κ1) is 15.7. The van der Waals surface area contributed by atoms with Crippen LogP contribution >= 0.6 is 0 Å². The van der Waals surface area contributed by atoms with Crippen molar-refractivity contribution in [3.8, 4) is 0 Å². The van der Waals surface area contributed by atoms with E-state index in [1.165, 1.54) is 0 Å². The quantitative estimate of drug-likeness (QED) is 0.630. The maximum atomic E-state index is 10.9. The average Bonchev–Trinajstić information content (AvgIpc) is 2.37. The first-order valence-electron chi connectivity index (χ1n) is 6.71. The van der Waals surface area contributed by atoms with Crippen LogP contribution in [-0.2, 0) is 11.3 Å². The zero-order valence-corrected chi connectivity index (χ0v) is 11.6. The third kappa shape index (κ3) is 5.85. The Hall–Kier alpha value is -1.39. The molecule has 3 N–H and O–H groups in total. The second kappa shape index (κ2) is 7.92. The summed E-state index contributed by atoms with van der Waals surface area (Å²) in [5.41, 5.74) is 1.96. The van der Waals surface area contributed by atoms with E-state index in [9.17, 15) is 4.79 Å². The lowest BCUT2D eigenvalue weighted by Crippen LogP contribution is -2.16. The Labute approximate surface area is 114 Å². The van der Waals surface area contributed by atoms with Crippen molar-refractivity contribution in [3.05, 3.63) is 35.4 Å². The molecule has 0 spiro atoms. The average molecular weight is 265 g/mol. The Balaban J connectivity index is 2.34. The minimum atomic E-state index is -0.802. The van der Waals surface area contributed by atoms with Gasteiger partial charge in [-0.25, -0.2) is 0 Å². The molecule has 4 heteroatoms. The maximum absolute atomic E-state index is 10.9. The zero-order chi connectivity index (χ0) is 14.3. The molecule has 1 aromatic carbocycles. The van der Waals surface area contributed by atoms with Gasteiger partial charge in [0.1, 0.15) is 0 Å². The van der Waals surface area contributed by atoms with Gasteiger partial charge < -0.3 is 15.5 Å². The van der Waals surface area contributed by atoms with Crippen LogP contribution in [0.2, 0.25) is 0 Å². The lowest BCUT2D eigenvalue weighted by atomic mass is 10.00. The molecule has 0 fully saturated rings. The molecule has 0 aromatic heterocycles. The minimum Gasteiger partial charge on any atom is -0.481 e. The molecule has 0 saturated heterocycles. The number of nitrogens with one attached hydrogen (secondary N) is 1. The standard InChI is InChI=1S/C15H23NO3/c1-11(17)4-3-9-16-10-13-5-7-14(8-6-13)12(2)15(18)19/h5-8,11-12,16-17H,3-4,9-10H2,1-2H3,(H,18,19). The number of hydrogen-bond donors (Lipinski definition) is 3. The van der Waals surface area contributed by atoms with Crippen molar-refractivity contribution in [3.63, 3.8) is 0 Å². The Kier molecular flexibility index (Phi) is 6.53. The molecular formula is C15H23NO3. The van der Waals surface area contributed by atoms with Gasteiger partial charge in [0.25, 0.3) is 0 Å². The molecule has 2 atom stereocenters. The molecule has 4 nitrogen and oxygen atoms in total. The van der Waals surface area contributed by atoms with Gasteiger partial charge in [0.15, 0.2) is 0 Å². The molecule has 0 saturated carbocycles. The van der Waals surface area contributed by atoms with Gasteiger partial charge in [0.05, 0.1) is 12.0 Å². The highest BCUT2D eigenvalue weighted by Crippen LogP contribution is 2.15. The van der Waals surface area contributed by atoms with Crippen molar-refractivity contribution in [1.29, 1.82) is 0 Å². The zero-order valence-electron chi connectivity index (χ0n) is 11.6. The molecule has 0 heterocycles. The summed E-state index contributed by atoms with van der Waals surface area (Å²) in [7, 11) is 0. The molecule has 0 aliphatic heterocycles. The molecule has 0 aliphatic rings. The Morgan fingerprint density at radius 3 is 2.42 bits per heavy atom. The first-order chi connectivity index (χ1) is 9.00. The number of rotatable bonds is 8. The van der Waals surface area contributed by atoms with E-state index in [1.54, 1.807) is 13.8 Å². The molecular weight excluding hydrogens is 242 g/mol. The highest BCUT2D eigenvalue weighted by molar-refractivity contribution is 5.75. The van der Waals surface area contributed by atoms with Crippen molar-refractivity contribution < 1.29 is 15.0 Å². The van der Waals surface area contributed by atoms with Gasteiger partial charge in [-0.15, -0.1) is 0 Å².